The second kappa shape index (κ2) is 4.89. The van der Waals surface area contributed by atoms with Crippen molar-refractivity contribution >= 4 is 21.6 Å². The van der Waals surface area contributed by atoms with E-state index in [1.807, 2.05) is 29.6 Å². The van der Waals surface area contributed by atoms with Crippen molar-refractivity contribution in [2.24, 2.45) is 14.1 Å². The number of benzene rings is 1. The topological polar surface area (TPSA) is 53.2 Å². The summed E-state index contributed by atoms with van der Waals surface area (Å²) in [5.74, 6) is 0.763. The van der Waals surface area contributed by atoms with Crippen molar-refractivity contribution in [3.63, 3.8) is 0 Å². The number of nitrogens with zero attached hydrogens (tertiary/aromatic N) is 2. The van der Waals surface area contributed by atoms with Crippen LogP contribution in [0.4, 0.5) is 0 Å². The summed E-state index contributed by atoms with van der Waals surface area (Å²) >= 11 is 1.40. The van der Waals surface area contributed by atoms with Crippen molar-refractivity contribution in [3.8, 4) is 16.9 Å². The molecule has 0 atom stereocenters. The molecule has 0 spiro atoms. The van der Waals surface area contributed by atoms with Crippen molar-refractivity contribution in [1.29, 1.82) is 0 Å². The maximum absolute atomic E-state index is 12.4. The summed E-state index contributed by atoms with van der Waals surface area (Å²) in [6.45, 7) is 0. The maximum Gasteiger partial charge on any atom is 0.331 e. The highest BCUT2D eigenvalue weighted by molar-refractivity contribution is 7.17. The molecule has 0 unspecified atom stereocenters. The van der Waals surface area contributed by atoms with Gasteiger partial charge >= 0.3 is 5.69 Å². The van der Waals surface area contributed by atoms with E-state index < -0.39 is 0 Å². The van der Waals surface area contributed by atoms with E-state index >= 15 is 0 Å². The van der Waals surface area contributed by atoms with Gasteiger partial charge in [-0.05, 0) is 17.7 Å². The first-order chi connectivity index (χ1) is 10.0. The van der Waals surface area contributed by atoms with Gasteiger partial charge in [0.2, 0.25) is 0 Å². The number of methoxy groups -OCH3 is 1. The molecule has 0 N–H and O–H groups in total. The summed E-state index contributed by atoms with van der Waals surface area (Å²) < 4.78 is 7.79. The van der Waals surface area contributed by atoms with Crippen LogP contribution in [-0.4, -0.2) is 16.2 Å². The molecule has 108 valence electrons. The van der Waals surface area contributed by atoms with E-state index in [0.717, 1.165) is 21.4 Å². The number of thiophene rings is 1. The average Bonchev–Trinajstić information content (AvgIpc) is 2.96. The summed E-state index contributed by atoms with van der Waals surface area (Å²) in [6.07, 6.45) is 0. The summed E-state index contributed by atoms with van der Waals surface area (Å²) in [7, 11) is 4.79. The molecule has 0 radical (unpaired) electrons. The van der Waals surface area contributed by atoms with Crippen LogP contribution in [0.1, 0.15) is 0 Å². The van der Waals surface area contributed by atoms with E-state index in [9.17, 15) is 9.59 Å². The van der Waals surface area contributed by atoms with Gasteiger partial charge in [0.05, 0.1) is 12.5 Å². The zero-order valence-corrected chi connectivity index (χ0v) is 12.7. The number of fused-ring (bicyclic) bond motifs is 1. The van der Waals surface area contributed by atoms with Crippen molar-refractivity contribution in [2.75, 3.05) is 7.11 Å². The van der Waals surface area contributed by atoms with E-state index in [1.165, 1.54) is 23.0 Å². The lowest BCUT2D eigenvalue weighted by atomic mass is 10.1. The summed E-state index contributed by atoms with van der Waals surface area (Å²) in [5, 5.41) is 2.49. The van der Waals surface area contributed by atoms with Crippen molar-refractivity contribution in [2.45, 2.75) is 0 Å². The lowest BCUT2D eigenvalue weighted by Gasteiger charge is -2.05. The van der Waals surface area contributed by atoms with Crippen LogP contribution in [0.2, 0.25) is 0 Å². The van der Waals surface area contributed by atoms with Crippen LogP contribution in [0, 0.1) is 0 Å². The van der Waals surface area contributed by atoms with Gasteiger partial charge in [0.1, 0.15) is 10.6 Å². The normalized spacial score (nSPS) is 11.0. The standard InChI is InChI=1S/C15H14N2O3S/c1-16-13(18)12-11(8-21-14(12)17(2)15(16)19)9-4-6-10(20-3)7-5-9/h4-8H,1-3H3. The molecule has 0 bridgehead atoms. The third kappa shape index (κ3) is 1.99. The van der Waals surface area contributed by atoms with E-state index in [1.54, 1.807) is 14.2 Å². The number of rotatable bonds is 2. The highest BCUT2D eigenvalue weighted by Gasteiger charge is 2.15. The third-order valence-electron chi connectivity index (χ3n) is 3.57. The molecule has 6 heteroatoms. The van der Waals surface area contributed by atoms with Gasteiger partial charge < -0.3 is 4.74 Å². The SMILES string of the molecule is COc1ccc(-c2csc3c2c(=O)n(C)c(=O)n3C)cc1. The average molecular weight is 302 g/mol. The van der Waals surface area contributed by atoms with E-state index in [0.29, 0.717) is 10.2 Å². The van der Waals surface area contributed by atoms with Crippen LogP contribution in [-0.2, 0) is 14.1 Å². The number of aromatic nitrogens is 2. The van der Waals surface area contributed by atoms with Crippen LogP contribution in [0.5, 0.6) is 5.75 Å². The minimum Gasteiger partial charge on any atom is -0.497 e. The Hall–Kier alpha value is -2.34. The van der Waals surface area contributed by atoms with Crippen LogP contribution in [0.15, 0.2) is 39.2 Å². The Morgan fingerprint density at radius 2 is 1.71 bits per heavy atom. The summed E-state index contributed by atoms with van der Waals surface area (Å²) in [5.41, 5.74) is 1.20. The monoisotopic (exact) mass is 302 g/mol. The Morgan fingerprint density at radius 1 is 1.05 bits per heavy atom. The molecule has 1 aromatic carbocycles. The molecule has 5 nitrogen and oxygen atoms in total. The van der Waals surface area contributed by atoms with Crippen molar-refractivity contribution in [3.05, 3.63) is 50.5 Å². The van der Waals surface area contributed by atoms with Gasteiger partial charge in [0, 0.05) is 25.0 Å². The highest BCUT2D eigenvalue weighted by Crippen LogP contribution is 2.31. The Bertz CT molecular complexity index is 932. The van der Waals surface area contributed by atoms with Gasteiger partial charge in [-0.3, -0.25) is 13.9 Å². The second-order valence-electron chi connectivity index (χ2n) is 4.76. The zero-order chi connectivity index (χ0) is 15.1. The number of hydrogen-bond donors (Lipinski definition) is 0. The van der Waals surface area contributed by atoms with Gasteiger partial charge in [-0.25, -0.2) is 4.79 Å². The lowest BCUT2D eigenvalue weighted by molar-refractivity contribution is 0.415. The molecule has 2 aromatic heterocycles. The van der Waals surface area contributed by atoms with Crippen LogP contribution < -0.4 is 16.0 Å². The predicted molar refractivity (Wildman–Crippen MR) is 84.3 cm³/mol. The van der Waals surface area contributed by atoms with Gasteiger partial charge in [-0.2, -0.15) is 0 Å². The Kier molecular flexibility index (Phi) is 3.17. The Balaban J connectivity index is 2.34. The number of ether oxygens (including phenoxy) is 1. The molecule has 0 saturated heterocycles. The molecule has 0 amide bonds. The molecule has 0 saturated carbocycles. The smallest absolute Gasteiger partial charge is 0.331 e. The lowest BCUT2D eigenvalue weighted by Crippen LogP contribution is -2.36. The van der Waals surface area contributed by atoms with Crippen molar-refractivity contribution in [1.82, 2.24) is 9.13 Å². The first-order valence-corrected chi connectivity index (χ1v) is 7.24. The Morgan fingerprint density at radius 3 is 2.33 bits per heavy atom. The van der Waals surface area contributed by atoms with Crippen LogP contribution in [0.3, 0.4) is 0 Å². The second-order valence-corrected chi connectivity index (χ2v) is 5.62. The van der Waals surface area contributed by atoms with Gasteiger partial charge in [-0.1, -0.05) is 12.1 Å². The van der Waals surface area contributed by atoms with Crippen LogP contribution in [0.25, 0.3) is 21.3 Å². The van der Waals surface area contributed by atoms with Gasteiger partial charge in [0.25, 0.3) is 5.56 Å². The minimum atomic E-state index is -0.310. The quantitative estimate of drug-likeness (QED) is 0.727. The fourth-order valence-corrected chi connectivity index (χ4v) is 3.39. The molecule has 0 fully saturated rings. The number of aryl methyl sites for hydroxylation is 1. The minimum absolute atomic E-state index is 0.264. The first kappa shape index (κ1) is 13.6. The summed E-state index contributed by atoms with van der Waals surface area (Å²) in [6, 6.07) is 7.52. The van der Waals surface area contributed by atoms with Crippen LogP contribution >= 0.6 is 11.3 Å². The van der Waals surface area contributed by atoms with E-state index in [-0.39, 0.29) is 11.2 Å². The molecular formula is C15H14N2O3S. The fraction of sp³-hybridized carbons (Fsp3) is 0.200. The highest BCUT2D eigenvalue weighted by atomic mass is 32.1. The predicted octanol–water partition coefficient (Wildman–Crippen LogP) is 1.97. The number of hydrogen-bond acceptors (Lipinski definition) is 4. The molecule has 0 aliphatic rings. The third-order valence-corrected chi connectivity index (χ3v) is 4.62. The zero-order valence-electron chi connectivity index (χ0n) is 11.9. The van der Waals surface area contributed by atoms with Gasteiger partial charge in [-0.15, -0.1) is 11.3 Å². The summed E-state index contributed by atoms with van der Waals surface area (Å²) in [4.78, 5) is 25.0. The molecule has 0 aliphatic heterocycles. The van der Waals surface area contributed by atoms with E-state index in [2.05, 4.69) is 0 Å². The molecule has 0 aliphatic carbocycles. The molecule has 2 heterocycles. The van der Waals surface area contributed by atoms with Crippen molar-refractivity contribution < 1.29 is 4.74 Å². The molecule has 3 aromatic rings. The largest absolute Gasteiger partial charge is 0.497 e. The molecular weight excluding hydrogens is 288 g/mol. The fourth-order valence-electron chi connectivity index (χ4n) is 2.35. The molecule has 3 rings (SSSR count). The first-order valence-electron chi connectivity index (χ1n) is 6.36. The molecule has 21 heavy (non-hydrogen) atoms. The van der Waals surface area contributed by atoms with E-state index in [4.69, 9.17) is 4.74 Å². The maximum atomic E-state index is 12.4. The van der Waals surface area contributed by atoms with Gasteiger partial charge in [0.15, 0.2) is 0 Å². The Labute approximate surface area is 124 Å².